The molecule has 31 heavy (non-hydrogen) atoms. The van der Waals surface area contributed by atoms with E-state index in [-0.39, 0.29) is 24.8 Å². The van der Waals surface area contributed by atoms with Gasteiger partial charge in [-0.15, -0.1) is 0 Å². The van der Waals surface area contributed by atoms with E-state index in [4.69, 9.17) is 4.74 Å². The van der Waals surface area contributed by atoms with Crippen molar-refractivity contribution in [1.82, 2.24) is 10.2 Å². The molecule has 1 aliphatic rings. The monoisotopic (exact) mass is 421 g/mol. The minimum absolute atomic E-state index is 0.0276. The van der Waals surface area contributed by atoms with Crippen molar-refractivity contribution in [2.75, 3.05) is 25.6 Å². The maximum absolute atomic E-state index is 12.4. The molecule has 0 saturated heterocycles. The minimum Gasteiger partial charge on any atom is -0.456 e. The van der Waals surface area contributed by atoms with Crippen LogP contribution >= 0.6 is 0 Å². The van der Waals surface area contributed by atoms with Gasteiger partial charge in [0.15, 0.2) is 6.61 Å². The molecule has 0 bridgehead atoms. The number of nitrogens with zero attached hydrogens (tertiary/aromatic N) is 2. The molecule has 0 fully saturated rings. The molecule has 0 aliphatic carbocycles. The average molecular weight is 421 g/mol. The van der Waals surface area contributed by atoms with Crippen LogP contribution < -0.4 is 10.2 Å². The van der Waals surface area contributed by atoms with Crippen molar-refractivity contribution in [1.29, 1.82) is 0 Å². The second-order valence-corrected chi connectivity index (χ2v) is 7.59. The van der Waals surface area contributed by atoms with Crippen molar-refractivity contribution in [2.24, 2.45) is 0 Å². The standard InChI is InChI=1S/C24H27N3O4/c1-17(28)27-13-12-19-6-4-5-7-21(19)22(27)14-24(30)31-16-23(29)25-15-18-8-10-20(11-9-18)26(2)3/h4-13,22H,14-16H2,1-3H3,(H,25,29)/t22-/m0/s1. The van der Waals surface area contributed by atoms with Gasteiger partial charge in [0.05, 0.1) is 12.5 Å². The second kappa shape index (κ2) is 9.93. The quantitative estimate of drug-likeness (QED) is 0.696. The number of esters is 1. The maximum Gasteiger partial charge on any atom is 0.308 e. The van der Waals surface area contributed by atoms with Crippen molar-refractivity contribution in [3.8, 4) is 0 Å². The predicted molar refractivity (Wildman–Crippen MR) is 119 cm³/mol. The molecule has 0 saturated carbocycles. The molecule has 2 aromatic rings. The zero-order valence-corrected chi connectivity index (χ0v) is 18.0. The summed E-state index contributed by atoms with van der Waals surface area (Å²) in [5, 5.41) is 2.74. The number of nitrogens with one attached hydrogen (secondary N) is 1. The summed E-state index contributed by atoms with van der Waals surface area (Å²) in [4.78, 5) is 40.0. The van der Waals surface area contributed by atoms with E-state index in [1.54, 1.807) is 6.20 Å². The molecule has 0 aromatic heterocycles. The Hall–Kier alpha value is -3.61. The summed E-state index contributed by atoms with van der Waals surface area (Å²) in [6, 6.07) is 15.0. The van der Waals surface area contributed by atoms with E-state index < -0.39 is 12.0 Å². The Labute approximate surface area is 182 Å². The van der Waals surface area contributed by atoms with Gasteiger partial charge in [0, 0.05) is 39.5 Å². The molecule has 1 aliphatic heterocycles. The first-order valence-corrected chi connectivity index (χ1v) is 10.1. The molecule has 0 spiro atoms. The van der Waals surface area contributed by atoms with Crippen molar-refractivity contribution in [2.45, 2.75) is 25.9 Å². The summed E-state index contributed by atoms with van der Waals surface area (Å²) < 4.78 is 5.17. The lowest BCUT2D eigenvalue weighted by Crippen LogP contribution is -2.33. The van der Waals surface area contributed by atoms with Crippen molar-refractivity contribution in [3.63, 3.8) is 0 Å². The third-order valence-electron chi connectivity index (χ3n) is 5.14. The van der Waals surface area contributed by atoms with Crippen LogP contribution in [0, 0.1) is 0 Å². The first-order valence-electron chi connectivity index (χ1n) is 10.1. The predicted octanol–water partition coefficient (Wildman–Crippen LogP) is 2.88. The topological polar surface area (TPSA) is 78.9 Å². The van der Waals surface area contributed by atoms with E-state index in [2.05, 4.69) is 5.32 Å². The van der Waals surface area contributed by atoms with Crippen LogP contribution in [0.5, 0.6) is 0 Å². The van der Waals surface area contributed by atoms with Gasteiger partial charge in [0.2, 0.25) is 5.91 Å². The van der Waals surface area contributed by atoms with E-state index in [0.717, 1.165) is 22.4 Å². The third kappa shape index (κ3) is 5.72. The van der Waals surface area contributed by atoms with E-state index in [1.807, 2.05) is 73.6 Å². The van der Waals surface area contributed by atoms with Crippen LogP contribution in [-0.4, -0.2) is 43.4 Å². The van der Waals surface area contributed by atoms with Crippen LogP contribution in [-0.2, 0) is 25.7 Å². The first kappa shape index (κ1) is 22.1. The number of fused-ring (bicyclic) bond motifs is 1. The second-order valence-electron chi connectivity index (χ2n) is 7.59. The Kier molecular flexibility index (Phi) is 7.07. The van der Waals surface area contributed by atoms with Gasteiger partial charge in [0.25, 0.3) is 5.91 Å². The van der Waals surface area contributed by atoms with Gasteiger partial charge in [-0.05, 0) is 34.9 Å². The van der Waals surface area contributed by atoms with Gasteiger partial charge in [0.1, 0.15) is 0 Å². The molecule has 2 aromatic carbocycles. The molecule has 1 heterocycles. The number of hydrogen-bond acceptors (Lipinski definition) is 5. The van der Waals surface area contributed by atoms with Crippen LogP contribution in [0.1, 0.15) is 36.1 Å². The highest BCUT2D eigenvalue weighted by atomic mass is 16.5. The number of anilines is 1. The van der Waals surface area contributed by atoms with Gasteiger partial charge in [-0.1, -0.05) is 36.4 Å². The molecule has 3 rings (SSSR count). The zero-order valence-electron chi connectivity index (χ0n) is 18.0. The van der Waals surface area contributed by atoms with Crippen LogP contribution in [0.15, 0.2) is 54.7 Å². The molecule has 0 unspecified atom stereocenters. The summed E-state index contributed by atoms with van der Waals surface area (Å²) >= 11 is 0. The number of benzene rings is 2. The highest BCUT2D eigenvalue weighted by Gasteiger charge is 2.28. The molecule has 7 nitrogen and oxygen atoms in total. The largest absolute Gasteiger partial charge is 0.456 e. The average Bonchev–Trinajstić information content (AvgIpc) is 2.76. The molecule has 7 heteroatoms. The fourth-order valence-corrected chi connectivity index (χ4v) is 3.44. The van der Waals surface area contributed by atoms with Crippen molar-refractivity contribution < 1.29 is 19.1 Å². The molecule has 2 amide bonds. The molecule has 1 N–H and O–H groups in total. The summed E-state index contributed by atoms with van der Waals surface area (Å²) in [6.45, 7) is 1.44. The number of carbonyl (C=O) groups excluding carboxylic acids is 3. The SMILES string of the molecule is CC(=O)N1C=Cc2ccccc2[C@@H]1CC(=O)OCC(=O)NCc1ccc(N(C)C)cc1. The smallest absolute Gasteiger partial charge is 0.308 e. The molecule has 0 radical (unpaired) electrons. The lowest BCUT2D eigenvalue weighted by molar-refractivity contribution is -0.150. The summed E-state index contributed by atoms with van der Waals surface area (Å²) in [7, 11) is 3.92. The Morgan fingerprint density at radius 1 is 1.06 bits per heavy atom. The Bertz CT molecular complexity index is 983. The molecular weight excluding hydrogens is 394 g/mol. The maximum atomic E-state index is 12.4. The Morgan fingerprint density at radius 3 is 2.45 bits per heavy atom. The Morgan fingerprint density at radius 2 is 1.77 bits per heavy atom. The van der Waals surface area contributed by atoms with E-state index >= 15 is 0 Å². The third-order valence-corrected chi connectivity index (χ3v) is 5.14. The lowest BCUT2D eigenvalue weighted by atomic mass is 9.94. The van der Waals surface area contributed by atoms with E-state index in [9.17, 15) is 14.4 Å². The van der Waals surface area contributed by atoms with Gasteiger partial charge >= 0.3 is 5.97 Å². The zero-order chi connectivity index (χ0) is 22.4. The summed E-state index contributed by atoms with van der Waals surface area (Å²) in [5.41, 5.74) is 3.86. The highest BCUT2D eigenvalue weighted by molar-refractivity contribution is 5.82. The fraction of sp³-hybridized carbons (Fsp3) is 0.292. The molecule has 162 valence electrons. The van der Waals surface area contributed by atoms with Crippen LogP contribution in [0.3, 0.4) is 0 Å². The lowest BCUT2D eigenvalue weighted by Gasteiger charge is -2.32. The van der Waals surface area contributed by atoms with Crippen LogP contribution in [0.4, 0.5) is 5.69 Å². The number of carbonyl (C=O) groups is 3. The van der Waals surface area contributed by atoms with E-state index in [1.165, 1.54) is 11.8 Å². The number of rotatable bonds is 7. The number of ether oxygens (including phenoxy) is 1. The van der Waals surface area contributed by atoms with Gasteiger partial charge in [-0.3, -0.25) is 14.4 Å². The summed E-state index contributed by atoms with van der Waals surface area (Å²) in [5.74, 6) is -1.08. The van der Waals surface area contributed by atoms with Gasteiger partial charge < -0.3 is 19.9 Å². The molecule has 1 atom stereocenters. The van der Waals surface area contributed by atoms with Crippen molar-refractivity contribution in [3.05, 3.63) is 71.4 Å². The normalized spacial score (nSPS) is 14.5. The minimum atomic E-state index is -0.535. The first-order chi connectivity index (χ1) is 14.8. The molecular formula is C24H27N3O4. The van der Waals surface area contributed by atoms with Crippen molar-refractivity contribution >= 4 is 29.5 Å². The summed E-state index contributed by atoms with van der Waals surface area (Å²) in [6.07, 6.45) is 3.49. The van der Waals surface area contributed by atoms with Crippen LogP contribution in [0.25, 0.3) is 6.08 Å². The van der Waals surface area contributed by atoms with Crippen LogP contribution in [0.2, 0.25) is 0 Å². The number of hydrogen-bond donors (Lipinski definition) is 1. The van der Waals surface area contributed by atoms with Gasteiger partial charge in [-0.25, -0.2) is 0 Å². The van der Waals surface area contributed by atoms with Gasteiger partial charge in [-0.2, -0.15) is 0 Å². The van der Waals surface area contributed by atoms with E-state index in [0.29, 0.717) is 6.54 Å². The fourth-order valence-electron chi connectivity index (χ4n) is 3.44. The highest BCUT2D eigenvalue weighted by Crippen LogP contribution is 2.33. The number of amides is 2. The Balaban J connectivity index is 1.51.